The van der Waals surface area contributed by atoms with Gasteiger partial charge in [-0.25, -0.2) is 0 Å². The average molecular weight is 274 g/mol. The number of aromatic nitrogens is 1. The normalized spacial score (nSPS) is 10.6. The summed E-state index contributed by atoms with van der Waals surface area (Å²) in [5.74, 6) is -0.468. The van der Waals surface area contributed by atoms with Gasteiger partial charge in [-0.05, 0) is 31.0 Å². The molecule has 106 valence electrons. The molecule has 0 atom stereocenters. The fourth-order valence-electron chi connectivity index (χ4n) is 2.05. The fourth-order valence-corrected chi connectivity index (χ4v) is 2.05. The molecule has 2 aromatic rings. The lowest BCUT2D eigenvalue weighted by molar-refractivity contribution is -0.118. The van der Waals surface area contributed by atoms with E-state index in [9.17, 15) is 9.59 Å². The number of amides is 2. The minimum atomic E-state index is -0.316. The molecule has 0 radical (unpaired) electrons. The molecule has 0 spiro atoms. The maximum absolute atomic E-state index is 12.1. The van der Waals surface area contributed by atoms with E-state index >= 15 is 0 Å². The van der Waals surface area contributed by atoms with Crippen molar-refractivity contribution < 1.29 is 9.59 Å². The monoisotopic (exact) mass is 274 g/mol. The van der Waals surface area contributed by atoms with Gasteiger partial charge in [0, 0.05) is 35.8 Å². The molecule has 0 aliphatic heterocycles. The van der Waals surface area contributed by atoms with Crippen molar-refractivity contribution >= 4 is 28.4 Å². The maximum atomic E-state index is 12.1. The van der Waals surface area contributed by atoms with Crippen LogP contribution < -0.4 is 16.8 Å². The molecule has 0 aliphatic rings. The molecule has 0 bridgehead atoms. The van der Waals surface area contributed by atoms with Gasteiger partial charge in [-0.2, -0.15) is 0 Å². The third-order valence-corrected chi connectivity index (χ3v) is 3.09. The number of carbonyl (C=O) groups is 2. The van der Waals surface area contributed by atoms with Crippen LogP contribution in [0.4, 0.5) is 5.69 Å². The summed E-state index contributed by atoms with van der Waals surface area (Å²) in [5, 5.41) is 3.62. The van der Waals surface area contributed by atoms with Crippen LogP contribution in [0.1, 0.15) is 29.6 Å². The molecule has 0 fully saturated rings. The molecule has 2 amide bonds. The molecule has 1 aromatic carbocycles. The molecule has 20 heavy (non-hydrogen) atoms. The SMILES string of the molecule is NC(=O)CCCCNC(=O)c1c[nH]c2ccc(N)cc12. The lowest BCUT2D eigenvalue weighted by Crippen LogP contribution is -2.24. The van der Waals surface area contributed by atoms with Crippen molar-refractivity contribution in [1.82, 2.24) is 10.3 Å². The molecule has 1 heterocycles. The summed E-state index contributed by atoms with van der Waals surface area (Å²) in [5.41, 5.74) is 12.8. The molecule has 6 heteroatoms. The van der Waals surface area contributed by atoms with Crippen LogP contribution in [0.15, 0.2) is 24.4 Å². The summed E-state index contributed by atoms with van der Waals surface area (Å²) >= 11 is 0. The minimum Gasteiger partial charge on any atom is -0.399 e. The van der Waals surface area contributed by atoms with Crippen molar-refractivity contribution in [1.29, 1.82) is 0 Å². The summed E-state index contributed by atoms with van der Waals surface area (Å²) < 4.78 is 0. The Bertz CT molecular complexity index is 633. The topological polar surface area (TPSA) is 114 Å². The predicted molar refractivity (Wildman–Crippen MR) is 78.1 cm³/mol. The van der Waals surface area contributed by atoms with Gasteiger partial charge in [0.2, 0.25) is 5.91 Å². The first-order chi connectivity index (χ1) is 9.58. The summed E-state index contributed by atoms with van der Waals surface area (Å²) in [4.78, 5) is 25.7. The van der Waals surface area contributed by atoms with Crippen LogP contribution in [0.3, 0.4) is 0 Å². The zero-order valence-electron chi connectivity index (χ0n) is 11.1. The number of carbonyl (C=O) groups excluding carboxylic acids is 2. The van der Waals surface area contributed by atoms with Gasteiger partial charge >= 0.3 is 0 Å². The van der Waals surface area contributed by atoms with E-state index < -0.39 is 0 Å². The molecule has 2 rings (SSSR count). The quantitative estimate of drug-likeness (QED) is 0.467. The number of primary amides is 1. The number of hydrogen-bond donors (Lipinski definition) is 4. The van der Waals surface area contributed by atoms with E-state index in [1.807, 2.05) is 6.07 Å². The Morgan fingerprint density at radius 2 is 2.05 bits per heavy atom. The molecule has 0 unspecified atom stereocenters. The van der Waals surface area contributed by atoms with E-state index in [1.54, 1.807) is 18.3 Å². The minimum absolute atomic E-state index is 0.152. The van der Waals surface area contributed by atoms with Crippen molar-refractivity contribution in [2.24, 2.45) is 5.73 Å². The highest BCUT2D eigenvalue weighted by atomic mass is 16.2. The van der Waals surface area contributed by atoms with Gasteiger partial charge in [0.1, 0.15) is 0 Å². The number of aromatic amines is 1. The molecule has 1 aromatic heterocycles. The number of nitrogen functional groups attached to an aromatic ring is 1. The number of rotatable bonds is 6. The van der Waals surface area contributed by atoms with E-state index in [4.69, 9.17) is 11.5 Å². The Kier molecular flexibility index (Phi) is 4.24. The van der Waals surface area contributed by atoms with Crippen molar-refractivity contribution in [3.63, 3.8) is 0 Å². The second kappa shape index (κ2) is 6.10. The molecule has 0 saturated carbocycles. The first-order valence-corrected chi connectivity index (χ1v) is 6.51. The highest BCUT2D eigenvalue weighted by molar-refractivity contribution is 6.07. The van der Waals surface area contributed by atoms with E-state index in [1.165, 1.54) is 0 Å². The standard InChI is InChI=1S/C14H18N4O2/c15-9-4-5-12-10(7-9)11(8-18-12)14(20)17-6-2-1-3-13(16)19/h4-5,7-8,18H,1-3,6,15H2,(H2,16,19)(H,17,20). The van der Waals surface area contributed by atoms with Crippen LogP contribution in [0.2, 0.25) is 0 Å². The summed E-state index contributed by atoms with van der Waals surface area (Å²) in [6.45, 7) is 0.515. The maximum Gasteiger partial charge on any atom is 0.253 e. The van der Waals surface area contributed by atoms with Crippen LogP contribution >= 0.6 is 0 Å². The number of fused-ring (bicyclic) bond motifs is 1. The van der Waals surface area contributed by atoms with Crippen molar-refractivity contribution in [3.8, 4) is 0 Å². The van der Waals surface area contributed by atoms with Crippen molar-refractivity contribution in [2.75, 3.05) is 12.3 Å². The Labute approximate surface area is 116 Å². The Hall–Kier alpha value is -2.50. The first kappa shape index (κ1) is 13.9. The third kappa shape index (κ3) is 3.28. The molecule has 6 nitrogen and oxygen atoms in total. The highest BCUT2D eigenvalue weighted by Crippen LogP contribution is 2.20. The van der Waals surface area contributed by atoms with Gasteiger partial charge in [0.15, 0.2) is 0 Å². The van der Waals surface area contributed by atoms with Crippen LogP contribution in [0.5, 0.6) is 0 Å². The zero-order chi connectivity index (χ0) is 14.5. The first-order valence-electron chi connectivity index (χ1n) is 6.51. The van der Waals surface area contributed by atoms with Crippen molar-refractivity contribution in [2.45, 2.75) is 19.3 Å². The molecule has 0 saturated heterocycles. The predicted octanol–water partition coefficient (Wildman–Crippen LogP) is 1.14. The second-order valence-electron chi connectivity index (χ2n) is 4.69. The average Bonchev–Trinajstić information content (AvgIpc) is 2.80. The van der Waals surface area contributed by atoms with E-state index in [0.29, 0.717) is 30.6 Å². The Morgan fingerprint density at radius 3 is 2.80 bits per heavy atom. The van der Waals surface area contributed by atoms with E-state index in [2.05, 4.69) is 10.3 Å². The highest BCUT2D eigenvalue weighted by Gasteiger charge is 2.11. The number of nitrogens with two attached hydrogens (primary N) is 2. The number of H-pyrrole nitrogens is 1. The number of unbranched alkanes of at least 4 members (excludes halogenated alkanes) is 1. The largest absolute Gasteiger partial charge is 0.399 e. The zero-order valence-corrected chi connectivity index (χ0v) is 11.1. The lowest BCUT2D eigenvalue weighted by Gasteiger charge is -2.04. The third-order valence-electron chi connectivity index (χ3n) is 3.09. The van der Waals surface area contributed by atoms with Crippen LogP contribution in [-0.4, -0.2) is 23.3 Å². The van der Waals surface area contributed by atoms with E-state index in [0.717, 1.165) is 17.3 Å². The van der Waals surface area contributed by atoms with Gasteiger partial charge < -0.3 is 21.8 Å². The van der Waals surface area contributed by atoms with Gasteiger partial charge in [-0.15, -0.1) is 0 Å². The van der Waals surface area contributed by atoms with Gasteiger partial charge in [-0.1, -0.05) is 0 Å². The summed E-state index contributed by atoms with van der Waals surface area (Å²) in [6, 6.07) is 5.40. The lowest BCUT2D eigenvalue weighted by atomic mass is 10.1. The molecular formula is C14H18N4O2. The summed E-state index contributed by atoms with van der Waals surface area (Å²) in [6.07, 6.45) is 3.41. The van der Waals surface area contributed by atoms with Crippen LogP contribution in [0, 0.1) is 0 Å². The van der Waals surface area contributed by atoms with Gasteiger partial charge in [-0.3, -0.25) is 9.59 Å². The fraction of sp³-hybridized carbons (Fsp3) is 0.286. The molecule has 0 aliphatic carbocycles. The number of nitrogens with one attached hydrogen (secondary N) is 2. The Morgan fingerprint density at radius 1 is 1.25 bits per heavy atom. The molecule has 6 N–H and O–H groups in total. The van der Waals surface area contributed by atoms with Crippen molar-refractivity contribution in [3.05, 3.63) is 30.0 Å². The number of hydrogen-bond acceptors (Lipinski definition) is 3. The van der Waals surface area contributed by atoms with Crippen LogP contribution in [-0.2, 0) is 4.79 Å². The number of benzene rings is 1. The number of anilines is 1. The molecular weight excluding hydrogens is 256 g/mol. The van der Waals surface area contributed by atoms with Gasteiger partial charge in [0.25, 0.3) is 5.91 Å². The van der Waals surface area contributed by atoms with E-state index in [-0.39, 0.29) is 11.8 Å². The second-order valence-corrected chi connectivity index (χ2v) is 4.69. The summed E-state index contributed by atoms with van der Waals surface area (Å²) in [7, 11) is 0. The van der Waals surface area contributed by atoms with Crippen LogP contribution in [0.25, 0.3) is 10.9 Å². The van der Waals surface area contributed by atoms with Gasteiger partial charge in [0.05, 0.1) is 5.56 Å². The Balaban J connectivity index is 1.94. The smallest absolute Gasteiger partial charge is 0.253 e.